The summed E-state index contributed by atoms with van der Waals surface area (Å²) in [6.07, 6.45) is 8.07. The van der Waals surface area contributed by atoms with E-state index in [1.165, 1.54) is 19.3 Å². The standard InChI is InChI=1S/C22H33N3O5/c1-2-23-18(26)12-24-19(27)13-30-20(28)17-4-3-5-25(17)21(29)22-9-14-6-15(10-22)8-16(7-14)11-22/h14-17H,2-13H2,1H3,(H,23,26)(H,24,27)/t14?,15?,16?,17-,22?/m1/s1. The van der Waals surface area contributed by atoms with E-state index in [2.05, 4.69) is 10.6 Å². The number of carbonyl (C=O) groups is 4. The van der Waals surface area contributed by atoms with Gasteiger partial charge >= 0.3 is 5.97 Å². The fourth-order valence-electron chi connectivity index (χ4n) is 6.65. The van der Waals surface area contributed by atoms with Gasteiger partial charge in [0.1, 0.15) is 6.04 Å². The number of esters is 1. The van der Waals surface area contributed by atoms with Crippen molar-refractivity contribution in [1.29, 1.82) is 0 Å². The summed E-state index contributed by atoms with van der Waals surface area (Å²) in [5.41, 5.74) is -0.276. The number of likely N-dealkylation sites (tertiary alicyclic amines) is 1. The van der Waals surface area contributed by atoms with E-state index in [0.717, 1.165) is 25.7 Å². The van der Waals surface area contributed by atoms with Crippen LogP contribution in [-0.4, -0.2) is 60.9 Å². The molecule has 0 aromatic heterocycles. The van der Waals surface area contributed by atoms with E-state index in [-0.39, 0.29) is 23.8 Å². The molecule has 0 aromatic rings. The molecular formula is C22H33N3O5. The zero-order valence-electron chi connectivity index (χ0n) is 17.8. The molecule has 8 nitrogen and oxygen atoms in total. The number of rotatable bonds is 7. The van der Waals surface area contributed by atoms with E-state index in [1.807, 2.05) is 0 Å². The molecule has 166 valence electrons. The van der Waals surface area contributed by atoms with Gasteiger partial charge in [-0.15, -0.1) is 0 Å². The lowest BCUT2D eigenvalue weighted by atomic mass is 9.49. The Balaban J connectivity index is 1.31. The van der Waals surface area contributed by atoms with Gasteiger partial charge in [0.2, 0.25) is 11.8 Å². The number of nitrogens with one attached hydrogen (secondary N) is 2. The second-order valence-corrected chi connectivity index (χ2v) is 9.69. The van der Waals surface area contributed by atoms with Gasteiger partial charge in [-0.2, -0.15) is 0 Å². The first-order chi connectivity index (χ1) is 14.4. The molecule has 1 saturated heterocycles. The Hall–Kier alpha value is -2.12. The van der Waals surface area contributed by atoms with Crippen LogP contribution in [0.5, 0.6) is 0 Å². The maximum Gasteiger partial charge on any atom is 0.329 e. The van der Waals surface area contributed by atoms with Gasteiger partial charge in [-0.1, -0.05) is 0 Å². The van der Waals surface area contributed by atoms with E-state index in [9.17, 15) is 19.2 Å². The van der Waals surface area contributed by atoms with Gasteiger partial charge in [0.25, 0.3) is 5.91 Å². The van der Waals surface area contributed by atoms with E-state index in [1.54, 1.807) is 11.8 Å². The van der Waals surface area contributed by atoms with Crippen LogP contribution < -0.4 is 10.6 Å². The Morgan fingerprint density at radius 2 is 1.60 bits per heavy atom. The topological polar surface area (TPSA) is 105 Å². The Labute approximate surface area is 177 Å². The summed E-state index contributed by atoms with van der Waals surface area (Å²) in [6, 6.07) is -0.596. The lowest BCUT2D eigenvalue weighted by Gasteiger charge is -2.56. The molecule has 1 atom stereocenters. The third kappa shape index (κ3) is 4.18. The molecule has 0 unspecified atom stereocenters. The summed E-state index contributed by atoms with van der Waals surface area (Å²) in [7, 11) is 0. The van der Waals surface area contributed by atoms with Gasteiger partial charge in [0.15, 0.2) is 6.61 Å². The zero-order chi connectivity index (χ0) is 21.3. The van der Waals surface area contributed by atoms with Gasteiger partial charge in [-0.3, -0.25) is 14.4 Å². The molecule has 30 heavy (non-hydrogen) atoms. The molecule has 3 amide bonds. The maximum atomic E-state index is 13.6. The molecule has 0 spiro atoms. The van der Waals surface area contributed by atoms with Crippen LogP contribution in [-0.2, 0) is 23.9 Å². The second-order valence-electron chi connectivity index (χ2n) is 9.69. The molecule has 2 N–H and O–H groups in total. The molecule has 0 aromatic carbocycles. The highest BCUT2D eigenvalue weighted by atomic mass is 16.5. The Bertz CT molecular complexity index is 686. The number of nitrogens with zero attached hydrogens (tertiary/aromatic N) is 1. The summed E-state index contributed by atoms with van der Waals surface area (Å²) < 4.78 is 5.20. The first-order valence-corrected chi connectivity index (χ1v) is 11.4. The van der Waals surface area contributed by atoms with E-state index < -0.39 is 24.5 Å². The number of amides is 3. The molecule has 5 fully saturated rings. The first-order valence-electron chi connectivity index (χ1n) is 11.4. The fourth-order valence-corrected chi connectivity index (χ4v) is 6.65. The van der Waals surface area contributed by atoms with Crippen LogP contribution in [0.25, 0.3) is 0 Å². The van der Waals surface area contributed by atoms with Crippen LogP contribution >= 0.6 is 0 Å². The summed E-state index contributed by atoms with van der Waals surface area (Å²) in [5.74, 6) is 0.817. The number of likely N-dealkylation sites (N-methyl/N-ethyl adjacent to an activating group) is 1. The SMILES string of the molecule is CCNC(=O)CNC(=O)COC(=O)[C@H]1CCCN1C(=O)C12CC3CC(CC(C3)C1)C2. The molecule has 4 saturated carbocycles. The number of carbonyl (C=O) groups excluding carboxylic acids is 4. The quantitative estimate of drug-likeness (QED) is 0.599. The molecule has 0 radical (unpaired) electrons. The third-order valence-electron chi connectivity index (χ3n) is 7.44. The summed E-state index contributed by atoms with van der Waals surface area (Å²) in [6.45, 7) is 2.28. The second kappa shape index (κ2) is 8.55. The minimum absolute atomic E-state index is 0.140. The van der Waals surface area contributed by atoms with E-state index in [4.69, 9.17) is 4.74 Å². The largest absolute Gasteiger partial charge is 0.454 e. The van der Waals surface area contributed by atoms with Crippen molar-refractivity contribution in [2.45, 2.75) is 64.3 Å². The zero-order valence-corrected chi connectivity index (χ0v) is 17.8. The third-order valence-corrected chi connectivity index (χ3v) is 7.44. The van der Waals surface area contributed by atoms with Crippen molar-refractivity contribution in [1.82, 2.24) is 15.5 Å². The Morgan fingerprint density at radius 1 is 0.967 bits per heavy atom. The highest BCUT2D eigenvalue weighted by molar-refractivity contribution is 5.90. The van der Waals surface area contributed by atoms with Gasteiger partial charge < -0.3 is 20.3 Å². The van der Waals surface area contributed by atoms with Gasteiger partial charge in [0, 0.05) is 13.1 Å². The predicted octanol–water partition coefficient (Wildman–Crippen LogP) is 0.989. The van der Waals surface area contributed by atoms with Crippen molar-refractivity contribution in [2.75, 3.05) is 26.2 Å². The number of hydrogen-bond donors (Lipinski definition) is 2. The van der Waals surface area contributed by atoms with E-state index >= 15 is 0 Å². The van der Waals surface area contributed by atoms with Crippen LogP contribution in [0.15, 0.2) is 0 Å². The monoisotopic (exact) mass is 419 g/mol. The lowest BCUT2D eigenvalue weighted by molar-refractivity contribution is -0.166. The van der Waals surface area contributed by atoms with Gasteiger partial charge in [0.05, 0.1) is 12.0 Å². The normalized spacial score (nSPS) is 34.0. The van der Waals surface area contributed by atoms with Gasteiger partial charge in [-0.25, -0.2) is 4.79 Å². The van der Waals surface area contributed by atoms with Crippen molar-refractivity contribution < 1.29 is 23.9 Å². The summed E-state index contributed by atoms with van der Waals surface area (Å²) >= 11 is 0. The lowest BCUT2D eigenvalue weighted by Crippen LogP contribution is -2.56. The van der Waals surface area contributed by atoms with Crippen LogP contribution in [0, 0.1) is 23.2 Å². The molecule has 5 aliphatic rings. The molecule has 8 heteroatoms. The molecule has 4 bridgehead atoms. The average Bonchev–Trinajstić information content (AvgIpc) is 3.19. The highest BCUT2D eigenvalue weighted by Crippen LogP contribution is 2.60. The first kappa shape index (κ1) is 21.1. The molecule has 5 rings (SSSR count). The van der Waals surface area contributed by atoms with Crippen LogP contribution in [0.3, 0.4) is 0 Å². The Morgan fingerprint density at radius 3 is 2.20 bits per heavy atom. The van der Waals surface area contributed by atoms with E-state index in [0.29, 0.717) is 37.3 Å². The molecule has 1 aliphatic heterocycles. The van der Waals surface area contributed by atoms with Crippen molar-refractivity contribution >= 4 is 23.7 Å². The summed E-state index contributed by atoms with van der Waals surface area (Å²) in [4.78, 5) is 51.2. The smallest absolute Gasteiger partial charge is 0.329 e. The van der Waals surface area contributed by atoms with Crippen molar-refractivity contribution in [2.24, 2.45) is 23.2 Å². The van der Waals surface area contributed by atoms with Crippen molar-refractivity contribution in [3.8, 4) is 0 Å². The molecule has 1 heterocycles. The van der Waals surface area contributed by atoms with Gasteiger partial charge in [-0.05, 0) is 76.0 Å². The average molecular weight is 420 g/mol. The van der Waals surface area contributed by atoms with Crippen molar-refractivity contribution in [3.05, 3.63) is 0 Å². The molecule has 4 aliphatic carbocycles. The maximum absolute atomic E-state index is 13.6. The number of hydrogen-bond acceptors (Lipinski definition) is 5. The van der Waals surface area contributed by atoms with Crippen LogP contribution in [0.1, 0.15) is 58.3 Å². The molecular weight excluding hydrogens is 386 g/mol. The van der Waals surface area contributed by atoms with Crippen LogP contribution in [0.2, 0.25) is 0 Å². The van der Waals surface area contributed by atoms with Crippen LogP contribution in [0.4, 0.5) is 0 Å². The predicted molar refractivity (Wildman–Crippen MR) is 108 cm³/mol. The minimum atomic E-state index is -0.596. The minimum Gasteiger partial charge on any atom is -0.454 e. The highest BCUT2D eigenvalue weighted by Gasteiger charge is 2.57. The Kier molecular flexibility index (Phi) is 6.02. The van der Waals surface area contributed by atoms with Crippen molar-refractivity contribution in [3.63, 3.8) is 0 Å². The fraction of sp³-hybridized carbons (Fsp3) is 0.818. The number of ether oxygens (including phenoxy) is 1. The summed E-state index contributed by atoms with van der Waals surface area (Å²) in [5, 5.41) is 5.00.